The van der Waals surface area contributed by atoms with Gasteiger partial charge in [0.05, 0.1) is 28.1 Å². The first kappa shape index (κ1) is 36.0. The molecule has 4 aliphatic carbocycles. The normalized spacial score (nSPS) is 21.6. The van der Waals surface area contributed by atoms with E-state index in [1.54, 1.807) is 11.1 Å². The van der Waals surface area contributed by atoms with Crippen LogP contribution in [0.4, 0.5) is 17.1 Å². The molecule has 2 aromatic heterocycles. The topological polar surface area (TPSA) is 21.3 Å². The van der Waals surface area contributed by atoms with Crippen molar-refractivity contribution in [3.05, 3.63) is 205 Å². The lowest BCUT2D eigenvalue weighted by molar-refractivity contribution is -0.0418. The van der Waals surface area contributed by atoms with Crippen LogP contribution in [0.3, 0.4) is 0 Å². The summed E-state index contributed by atoms with van der Waals surface area (Å²) in [6.07, 6.45) is 6.88. The Morgan fingerprint density at radius 2 is 1.09 bits per heavy atom. The zero-order valence-corrected chi connectivity index (χ0v) is 36.1. The molecule has 0 N–H and O–H groups in total. The Hall–Kier alpha value is -7.36. The standard InChI is InChI=1S/C62H46N2O/c1-2-16-46-40(13-1)14-11-24-53(46)63(44-29-27-41(28-30-44)45-15-3-4-17-47(45)48-20-12-26-58-59(48)50-19-6-10-25-57(50)65-58)56-32-31-52-61-60(56)49-18-5-8-22-54(49)64(61)55-23-9-7-21-51(55)62(52)42-34-38-33-39(36-42)37-43(62)35-38/h1-32,38-39,42-43H,33-37H2. The number of anilines is 3. The molecule has 0 saturated heterocycles. The van der Waals surface area contributed by atoms with Crippen LogP contribution >= 0.6 is 0 Å². The van der Waals surface area contributed by atoms with Crippen molar-refractivity contribution >= 4 is 71.6 Å². The van der Waals surface area contributed by atoms with Crippen molar-refractivity contribution < 1.29 is 4.42 Å². The first-order valence-electron chi connectivity index (χ1n) is 23.8. The summed E-state index contributed by atoms with van der Waals surface area (Å²) in [5.74, 6) is 3.11. The highest BCUT2D eigenvalue weighted by Crippen LogP contribution is 2.68. The van der Waals surface area contributed by atoms with E-state index in [-0.39, 0.29) is 5.41 Å². The smallest absolute Gasteiger partial charge is 0.136 e. The highest BCUT2D eigenvalue weighted by molar-refractivity contribution is 6.19. The zero-order chi connectivity index (χ0) is 42.4. The fourth-order valence-corrected chi connectivity index (χ4v) is 14.4. The molecule has 310 valence electrons. The van der Waals surface area contributed by atoms with Crippen molar-refractivity contribution in [2.24, 2.45) is 23.7 Å². The largest absolute Gasteiger partial charge is 0.456 e. The molecular formula is C62H46N2O. The Kier molecular flexibility index (Phi) is 7.40. The number of hydrogen-bond acceptors (Lipinski definition) is 2. The van der Waals surface area contributed by atoms with Crippen LogP contribution < -0.4 is 4.90 Å². The molecule has 4 saturated carbocycles. The maximum absolute atomic E-state index is 6.36. The van der Waals surface area contributed by atoms with E-state index in [0.29, 0.717) is 11.8 Å². The second kappa shape index (κ2) is 13.3. The van der Waals surface area contributed by atoms with Gasteiger partial charge in [0.25, 0.3) is 0 Å². The maximum atomic E-state index is 6.36. The average molecular weight is 835 g/mol. The molecule has 3 heterocycles. The van der Waals surface area contributed by atoms with Gasteiger partial charge in [-0.2, -0.15) is 0 Å². The van der Waals surface area contributed by atoms with Crippen LogP contribution in [-0.2, 0) is 5.41 Å². The summed E-state index contributed by atoms with van der Waals surface area (Å²) < 4.78 is 9.01. The van der Waals surface area contributed by atoms with Crippen LogP contribution in [0.15, 0.2) is 199 Å². The van der Waals surface area contributed by atoms with Crippen molar-refractivity contribution in [2.45, 2.75) is 37.5 Å². The lowest BCUT2D eigenvalue weighted by Crippen LogP contribution is -2.57. The summed E-state index contributed by atoms with van der Waals surface area (Å²) >= 11 is 0. The van der Waals surface area contributed by atoms with Gasteiger partial charge in [-0.05, 0) is 143 Å². The van der Waals surface area contributed by atoms with Crippen LogP contribution in [0, 0.1) is 23.7 Å². The molecule has 4 fully saturated rings. The van der Waals surface area contributed by atoms with Crippen LogP contribution in [0.25, 0.3) is 82.5 Å². The number of furan rings is 1. The van der Waals surface area contributed by atoms with E-state index < -0.39 is 0 Å². The van der Waals surface area contributed by atoms with Crippen molar-refractivity contribution in [2.75, 3.05) is 4.90 Å². The Morgan fingerprint density at radius 1 is 0.446 bits per heavy atom. The zero-order valence-electron chi connectivity index (χ0n) is 36.1. The molecule has 3 heteroatoms. The molecule has 5 aliphatic rings. The number of hydrogen-bond donors (Lipinski definition) is 0. The van der Waals surface area contributed by atoms with Gasteiger partial charge in [0.2, 0.25) is 0 Å². The van der Waals surface area contributed by atoms with Crippen LogP contribution in [0.1, 0.15) is 43.2 Å². The molecule has 0 amide bonds. The Labute approximate surface area is 378 Å². The molecule has 0 radical (unpaired) electrons. The summed E-state index contributed by atoms with van der Waals surface area (Å²) in [4.78, 5) is 2.57. The molecule has 65 heavy (non-hydrogen) atoms. The minimum Gasteiger partial charge on any atom is -0.456 e. The van der Waals surface area contributed by atoms with Crippen LogP contribution in [0.2, 0.25) is 0 Å². The van der Waals surface area contributed by atoms with Crippen molar-refractivity contribution in [3.8, 4) is 27.9 Å². The van der Waals surface area contributed by atoms with E-state index in [1.165, 1.54) is 104 Å². The molecule has 0 unspecified atom stereocenters. The monoisotopic (exact) mass is 834 g/mol. The fraction of sp³-hybridized carbons (Fsp3) is 0.161. The van der Waals surface area contributed by atoms with Gasteiger partial charge in [0, 0.05) is 38.0 Å². The first-order valence-corrected chi connectivity index (χ1v) is 23.8. The molecule has 4 bridgehead atoms. The molecule has 1 aliphatic heterocycles. The third-order valence-electron chi connectivity index (χ3n) is 16.6. The Morgan fingerprint density at radius 3 is 1.94 bits per heavy atom. The maximum Gasteiger partial charge on any atom is 0.136 e. The van der Waals surface area contributed by atoms with E-state index in [9.17, 15) is 0 Å². The summed E-state index contributed by atoms with van der Waals surface area (Å²) in [5.41, 5.74) is 17.4. The Bertz CT molecular complexity index is 3720. The predicted molar refractivity (Wildman–Crippen MR) is 269 cm³/mol. The van der Waals surface area contributed by atoms with Gasteiger partial charge < -0.3 is 13.9 Å². The van der Waals surface area contributed by atoms with Crippen molar-refractivity contribution in [1.29, 1.82) is 0 Å². The van der Waals surface area contributed by atoms with Crippen LogP contribution in [-0.4, -0.2) is 4.57 Å². The van der Waals surface area contributed by atoms with Crippen molar-refractivity contribution in [1.82, 2.24) is 4.57 Å². The lowest BCUT2D eigenvalue weighted by Gasteiger charge is -2.63. The SMILES string of the molecule is c1ccc(-c2cccc3oc4ccccc4c23)c(-c2ccc(N(c3cccc4ccccc34)c3ccc4c5c3c3ccccc3n5-c3ccccc3C43C4CC5CC(C4)CC3C5)cc2)c1. The molecule has 16 rings (SSSR count). The molecule has 1 spiro atoms. The van der Waals surface area contributed by atoms with Gasteiger partial charge in [0.15, 0.2) is 0 Å². The summed E-state index contributed by atoms with van der Waals surface area (Å²) in [5, 5.41) is 7.44. The number of rotatable bonds is 5. The summed E-state index contributed by atoms with van der Waals surface area (Å²) in [6.45, 7) is 0. The quantitative estimate of drug-likeness (QED) is 0.172. The van der Waals surface area contributed by atoms with Gasteiger partial charge in [-0.25, -0.2) is 0 Å². The van der Waals surface area contributed by atoms with Gasteiger partial charge in [-0.1, -0.05) is 146 Å². The number of para-hydroxylation sites is 3. The molecule has 3 nitrogen and oxygen atoms in total. The highest BCUT2D eigenvalue weighted by atomic mass is 16.3. The summed E-state index contributed by atoms with van der Waals surface area (Å²) in [6, 6.07) is 72.6. The number of aromatic nitrogens is 1. The third-order valence-corrected chi connectivity index (χ3v) is 16.6. The minimum absolute atomic E-state index is 0.0254. The number of fused-ring (bicyclic) bond motifs is 9. The number of benzene rings is 9. The van der Waals surface area contributed by atoms with E-state index in [1.807, 2.05) is 6.07 Å². The first-order chi connectivity index (χ1) is 32.2. The molecular weight excluding hydrogens is 789 g/mol. The van der Waals surface area contributed by atoms with Gasteiger partial charge in [-0.15, -0.1) is 0 Å². The van der Waals surface area contributed by atoms with Crippen LogP contribution in [0.5, 0.6) is 0 Å². The second-order valence-electron chi connectivity index (χ2n) is 19.6. The number of nitrogens with zero attached hydrogens (tertiary/aromatic N) is 2. The van der Waals surface area contributed by atoms with Crippen molar-refractivity contribution in [3.63, 3.8) is 0 Å². The Balaban J connectivity index is 0.967. The van der Waals surface area contributed by atoms with E-state index in [4.69, 9.17) is 4.42 Å². The van der Waals surface area contributed by atoms with Gasteiger partial charge in [-0.3, -0.25) is 0 Å². The fourth-order valence-electron chi connectivity index (χ4n) is 14.4. The lowest BCUT2D eigenvalue weighted by atomic mass is 9.41. The molecule has 11 aromatic rings. The molecule has 9 aromatic carbocycles. The third kappa shape index (κ3) is 4.85. The highest BCUT2D eigenvalue weighted by Gasteiger charge is 2.61. The minimum atomic E-state index is 0.0254. The predicted octanol–water partition coefficient (Wildman–Crippen LogP) is 16.7. The van der Waals surface area contributed by atoms with Gasteiger partial charge in [0.1, 0.15) is 11.2 Å². The van der Waals surface area contributed by atoms with Gasteiger partial charge >= 0.3 is 0 Å². The average Bonchev–Trinajstić information content (AvgIpc) is 3.92. The van der Waals surface area contributed by atoms with E-state index in [0.717, 1.165) is 39.5 Å². The molecule has 0 atom stereocenters. The second-order valence-corrected chi connectivity index (χ2v) is 19.6. The van der Waals surface area contributed by atoms with E-state index >= 15 is 0 Å². The van der Waals surface area contributed by atoms with E-state index in [2.05, 4.69) is 198 Å². The summed E-state index contributed by atoms with van der Waals surface area (Å²) in [7, 11) is 0.